The Bertz CT molecular complexity index is 1870. The number of aliphatic hydroxyl groups is 1. The van der Waals surface area contributed by atoms with Crippen molar-refractivity contribution >= 4 is 39.5 Å². The second kappa shape index (κ2) is 65.4. The summed E-state index contributed by atoms with van der Waals surface area (Å²) < 4.78 is 68.5. The van der Waals surface area contributed by atoms with Crippen molar-refractivity contribution in [2.45, 2.75) is 401 Å². The van der Waals surface area contributed by atoms with Gasteiger partial charge in [-0.05, 0) is 49.4 Å². The Kier molecular flexibility index (Phi) is 64.0. The summed E-state index contributed by atoms with van der Waals surface area (Å²) in [7, 11) is -9.91. The lowest BCUT2D eigenvalue weighted by Gasteiger charge is -2.21. The Morgan fingerprint density at radius 2 is 0.505 bits per heavy atom. The lowest BCUT2D eigenvalue weighted by molar-refractivity contribution is -0.161. The van der Waals surface area contributed by atoms with Crippen molar-refractivity contribution in [2.75, 3.05) is 39.6 Å². The van der Waals surface area contributed by atoms with Crippen molar-refractivity contribution in [1.82, 2.24) is 0 Å². The topological polar surface area (TPSA) is 237 Å². The molecular formula is C76H148O17P2. The van der Waals surface area contributed by atoms with E-state index in [1.54, 1.807) is 0 Å². The van der Waals surface area contributed by atoms with Crippen LogP contribution in [0.1, 0.15) is 383 Å². The van der Waals surface area contributed by atoms with Crippen LogP contribution in [0.4, 0.5) is 0 Å². The van der Waals surface area contributed by atoms with Crippen molar-refractivity contribution in [3.8, 4) is 0 Å². The van der Waals surface area contributed by atoms with Gasteiger partial charge in [-0.1, -0.05) is 331 Å². The van der Waals surface area contributed by atoms with Crippen LogP contribution in [0, 0.1) is 23.7 Å². The van der Waals surface area contributed by atoms with Crippen LogP contribution in [-0.4, -0.2) is 96.7 Å². The molecular weight excluding hydrogens is 1250 g/mol. The zero-order chi connectivity index (χ0) is 70.3. The van der Waals surface area contributed by atoms with Crippen molar-refractivity contribution in [2.24, 2.45) is 23.7 Å². The molecule has 0 aliphatic heterocycles. The molecule has 0 spiro atoms. The Labute approximate surface area is 581 Å². The molecule has 0 saturated heterocycles. The number of rotatable bonds is 73. The van der Waals surface area contributed by atoms with E-state index in [1.807, 2.05) is 0 Å². The highest BCUT2D eigenvalue weighted by Gasteiger charge is 2.30. The number of esters is 4. The Morgan fingerprint density at radius 3 is 0.747 bits per heavy atom. The first-order valence-corrected chi connectivity index (χ1v) is 42.2. The third-order valence-electron chi connectivity index (χ3n) is 17.9. The highest BCUT2D eigenvalue weighted by molar-refractivity contribution is 7.47. The maximum atomic E-state index is 13.1. The van der Waals surface area contributed by atoms with Gasteiger partial charge >= 0.3 is 39.5 Å². The number of ether oxygens (including phenoxy) is 4. The molecule has 0 bridgehead atoms. The minimum Gasteiger partial charge on any atom is -0.462 e. The van der Waals surface area contributed by atoms with Gasteiger partial charge in [0.05, 0.1) is 26.4 Å². The summed E-state index contributed by atoms with van der Waals surface area (Å²) in [5, 5.41) is 10.6. The van der Waals surface area contributed by atoms with Crippen LogP contribution in [0.25, 0.3) is 0 Å². The molecule has 0 amide bonds. The lowest BCUT2D eigenvalue weighted by atomic mass is 9.99. The average molecular weight is 1400 g/mol. The quantitative estimate of drug-likeness (QED) is 0.0222. The fourth-order valence-corrected chi connectivity index (χ4v) is 13.1. The molecule has 3 N–H and O–H groups in total. The molecule has 19 heteroatoms. The first-order valence-electron chi connectivity index (χ1n) is 39.2. The van der Waals surface area contributed by atoms with Gasteiger partial charge in [-0.3, -0.25) is 37.3 Å². The van der Waals surface area contributed by atoms with E-state index in [9.17, 15) is 43.2 Å². The average Bonchev–Trinajstić information content (AvgIpc) is 1.40. The molecule has 0 aromatic carbocycles. The predicted octanol–water partition coefficient (Wildman–Crippen LogP) is 22.0. The Morgan fingerprint density at radius 1 is 0.295 bits per heavy atom. The van der Waals surface area contributed by atoms with Gasteiger partial charge in [0.15, 0.2) is 12.2 Å². The second-order valence-electron chi connectivity index (χ2n) is 29.1. The molecule has 0 fully saturated rings. The van der Waals surface area contributed by atoms with Gasteiger partial charge in [0.2, 0.25) is 0 Å². The van der Waals surface area contributed by atoms with Crippen LogP contribution < -0.4 is 0 Å². The molecule has 4 unspecified atom stereocenters. The Balaban J connectivity index is 5.23. The zero-order valence-electron chi connectivity index (χ0n) is 62.3. The molecule has 95 heavy (non-hydrogen) atoms. The summed E-state index contributed by atoms with van der Waals surface area (Å²) >= 11 is 0. The summed E-state index contributed by atoms with van der Waals surface area (Å²) in [5.41, 5.74) is 0. The van der Waals surface area contributed by atoms with Gasteiger partial charge in [0.1, 0.15) is 19.3 Å². The normalized spacial score (nSPS) is 14.4. The van der Waals surface area contributed by atoms with Gasteiger partial charge in [-0.15, -0.1) is 0 Å². The van der Waals surface area contributed by atoms with E-state index in [0.29, 0.717) is 31.6 Å². The van der Waals surface area contributed by atoms with E-state index >= 15 is 0 Å². The van der Waals surface area contributed by atoms with Gasteiger partial charge < -0.3 is 33.8 Å². The van der Waals surface area contributed by atoms with Crippen molar-refractivity contribution < 1.29 is 80.2 Å². The maximum Gasteiger partial charge on any atom is 0.472 e. The number of hydrogen-bond acceptors (Lipinski definition) is 15. The first-order chi connectivity index (χ1) is 45.6. The van der Waals surface area contributed by atoms with Crippen molar-refractivity contribution in [3.63, 3.8) is 0 Å². The lowest BCUT2D eigenvalue weighted by Crippen LogP contribution is -2.30. The molecule has 0 aliphatic rings. The second-order valence-corrected chi connectivity index (χ2v) is 32.0. The number of carbonyl (C=O) groups is 4. The van der Waals surface area contributed by atoms with Crippen LogP contribution in [0.2, 0.25) is 0 Å². The minimum absolute atomic E-state index is 0.105. The molecule has 0 radical (unpaired) electrons. The number of phosphoric ester groups is 2. The SMILES string of the molecule is CCC(C)CCCCCCCCCCC(=O)O[C@H](COC(=O)CCCCCCCCCCCCCCCCC(C)C)COP(=O)(O)OCC(O)COP(=O)(O)OC[C@@H](COC(=O)CCCCCCCCCC(C)C)OC(=O)CCCCCCCCCCCCCCCC(C)C. The molecule has 17 nitrogen and oxygen atoms in total. The van der Waals surface area contributed by atoms with Gasteiger partial charge in [-0.2, -0.15) is 0 Å². The van der Waals surface area contributed by atoms with E-state index in [1.165, 1.54) is 180 Å². The van der Waals surface area contributed by atoms with Crippen LogP contribution in [0.15, 0.2) is 0 Å². The summed E-state index contributed by atoms with van der Waals surface area (Å²) in [6.45, 7) is 14.2. The summed E-state index contributed by atoms with van der Waals surface area (Å²) in [6, 6.07) is 0. The Hall–Kier alpha value is -1.94. The molecule has 0 saturated carbocycles. The molecule has 0 rings (SSSR count). The van der Waals surface area contributed by atoms with Crippen molar-refractivity contribution in [1.29, 1.82) is 0 Å². The third kappa shape index (κ3) is 69.0. The van der Waals surface area contributed by atoms with E-state index < -0.39 is 97.5 Å². The van der Waals surface area contributed by atoms with Crippen LogP contribution in [-0.2, 0) is 65.4 Å². The van der Waals surface area contributed by atoms with E-state index in [2.05, 4.69) is 55.4 Å². The number of unbranched alkanes of at least 4 members (excludes halogenated alkanes) is 38. The largest absolute Gasteiger partial charge is 0.472 e. The summed E-state index contributed by atoms with van der Waals surface area (Å²) in [5.74, 6) is 0.938. The third-order valence-corrected chi connectivity index (χ3v) is 19.8. The number of phosphoric acid groups is 2. The maximum absolute atomic E-state index is 13.1. The van der Waals surface area contributed by atoms with Crippen LogP contribution in [0.3, 0.4) is 0 Å². The fourth-order valence-electron chi connectivity index (χ4n) is 11.5. The highest BCUT2D eigenvalue weighted by atomic mass is 31.2. The molecule has 0 aliphatic carbocycles. The summed E-state index contributed by atoms with van der Waals surface area (Å²) in [6.07, 6.45) is 50.0. The van der Waals surface area contributed by atoms with E-state index in [0.717, 1.165) is 114 Å². The minimum atomic E-state index is -4.96. The highest BCUT2D eigenvalue weighted by Crippen LogP contribution is 2.45. The van der Waals surface area contributed by atoms with Crippen LogP contribution >= 0.6 is 15.6 Å². The van der Waals surface area contributed by atoms with Gasteiger partial charge in [0, 0.05) is 25.7 Å². The van der Waals surface area contributed by atoms with E-state index in [-0.39, 0.29) is 25.7 Å². The van der Waals surface area contributed by atoms with Crippen LogP contribution in [0.5, 0.6) is 0 Å². The van der Waals surface area contributed by atoms with Gasteiger partial charge in [-0.25, -0.2) is 9.13 Å². The number of hydrogen-bond donors (Lipinski definition) is 3. The molecule has 0 aromatic heterocycles. The molecule has 0 heterocycles. The number of aliphatic hydroxyl groups excluding tert-OH is 1. The number of carbonyl (C=O) groups excluding carboxylic acids is 4. The van der Waals surface area contributed by atoms with Gasteiger partial charge in [0.25, 0.3) is 0 Å². The molecule has 6 atom stereocenters. The molecule has 564 valence electrons. The fraction of sp³-hybridized carbons (Fsp3) is 0.947. The molecule has 0 aromatic rings. The van der Waals surface area contributed by atoms with E-state index in [4.69, 9.17) is 37.0 Å². The standard InChI is InChI=1S/C76H148O17P2/c1-9-69(8)55-47-39-31-25-26-34-43-51-59-76(81)93-71(62-86-73(78)56-48-40-32-23-19-15-11-10-13-17-21-28-36-44-52-66(2)3)64-90-94(82,83)88-60-70(77)61-89-95(84,85)91-65-72(63-87-74(79)57-49-41-35-27-30-38-46-54-68(6)7)92-75(80)58-50-42-33-24-20-16-12-14-18-22-29-37-45-53-67(4)5/h66-72,77H,9-65H2,1-8H3,(H,82,83)(H,84,85)/t69?,70?,71-,72-/m1/s1. The smallest absolute Gasteiger partial charge is 0.462 e. The summed E-state index contributed by atoms with van der Waals surface area (Å²) in [4.78, 5) is 72.8. The zero-order valence-corrected chi connectivity index (χ0v) is 64.1. The predicted molar refractivity (Wildman–Crippen MR) is 386 cm³/mol. The van der Waals surface area contributed by atoms with Crippen molar-refractivity contribution in [3.05, 3.63) is 0 Å². The monoisotopic (exact) mass is 1400 g/mol. The first kappa shape index (κ1) is 93.1.